The van der Waals surface area contributed by atoms with Gasteiger partial charge in [0.05, 0.1) is 36.9 Å². The number of aromatic nitrogens is 2. The minimum atomic E-state index is -4.67. The van der Waals surface area contributed by atoms with Gasteiger partial charge in [-0.3, -0.25) is 23.9 Å². The first-order valence-electron chi connectivity index (χ1n) is 16.2. The smallest absolute Gasteiger partial charge is 0.371 e. The molecular weight excluding hydrogens is 641 g/mol. The van der Waals surface area contributed by atoms with Crippen molar-refractivity contribution in [2.45, 2.75) is 51.2 Å². The third-order valence-corrected chi connectivity index (χ3v) is 9.97. The molecule has 3 heterocycles. The number of nitrogens with one attached hydrogen (secondary N) is 2. The van der Waals surface area contributed by atoms with Crippen molar-refractivity contribution >= 4 is 23.6 Å². The monoisotopic (exact) mass is 680 g/mol. The van der Waals surface area contributed by atoms with Crippen molar-refractivity contribution in [3.63, 3.8) is 0 Å². The molecule has 11 nitrogen and oxygen atoms in total. The molecule has 0 radical (unpaired) electrons. The molecule has 1 aliphatic carbocycles. The second-order valence-corrected chi connectivity index (χ2v) is 13.4. The Morgan fingerprint density at radius 3 is 2.16 bits per heavy atom. The van der Waals surface area contributed by atoms with Crippen LogP contribution >= 0.6 is 0 Å². The Kier molecular flexibility index (Phi) is 9.27. The van der Waals surface area contributed by atoms with Crippen molar-refractivity contribution in [1.29, 1.82) is 0 Å². The maximum atomic E-state index is 14.0. The Hall–Kier alpha value is -4.72. The highest BCUT2D eigenvalue weighted by Crippen LogP contribution is 2.60. The zero-order valence-corrected chi connectivity index (χ0v) is 27.3. The van der Waals surface area contributed by atoms with Crippen LogP contribution in [0.3, 0.4) is 0 Å². The average Bonchev–Trinajstić information content (AvgIpc) is 3.63. The standard InChI is InChI=1S/C35H39F3N6O5/c1-23(49-19-25-11-7-4-8-12-25)28(30(46)39-2)41-29(45)27-18-42(31(47)26-15-40-44(17-26)16-24-9-5-3-6-10-24)20-33(27)21-43(22-33)32(48)34(13-14-34)35(36,37)38/h3-12,15,17,23,27-28H,13-14,16,18-22H2,1-2H3,(H,39,46)(H,41,45)/t23-,27-,28+/m1/s1. The predicted octanol–water partition coefficient (Wildman–Crippen LogP) is 3.01. The first-order chi connectivity index (χ1) is 23.4. The Bertz CT molecular complexity index is 1690. The van der Waals surface area contributed by atoms with Crippen LogP contribution in [0.1, 0.15) is 41.3 Å². The normalized spacial score (nSPS) is 20.3. The van der Waals surface area contributed by atoms with Crippen LogP contribution < -0.4 is 10.6 Å². The maximum Gasteiger partial charge on any atom is 0.403 e. The lowest BCUT2D eigenvalue weighted by atomic mass is 9.70. The van der Waals surface area contributed by atoms with Gasteiger partial charge in [-0.25, -0.2) is 0 Å². The van der Waals surface area contributed by atoms with Crippen molar-refractivity contribution in [2.24, 2.45) is 16.7 Å². The number of carbonyl (C=O) groups is 4. The number of hydrogen-bond donors (Lipinski definition) is 2. The van der Waals surface area contributed by atoms with E-state index in [0.29, 0.717) is 12.1 Å². The number of nitrogens with zero attached hydrogens (tertiary/aromatic N) is 4. The molecule has 260 valence electrons. The number of rotatable bonds is 11. The Labute approximate surface area is 281 Å². The highest BCUT2D eigenvalue weighted by Gasteiger charge is 2.71. The van der Waals surface area contributed by atoms with Gasteiger partial charge in [0.25, 0.3) is 5.91 Å². The first kappa shape index (κ1) is 34.2. The first-order valence-corrected chi connectivity index (χ1v) is 16.2. The molecule has 0 bridgehead atoms. The van der Waals surface area contributed by atoms with E-state index in [4.69, 9.17) is 4.74 Å². The van der Waals surface area contributed by atoms with Gasteiger partial charge < -0.3 is 25.2 Å². The number of ether oxygens (including phenoxy) is 1. The van der Waals surface area contributed by atoms with Gasteiger partial charge in [0, 0.05) is 44.8 Å². The van der Waals surface area contributed by atoms with Crippen LogP contribution in [0, 0.1) is 16.7 Å². The summed E-state index contributed by atoms with van der Waals surface area (Å²) >= 11 is 0. The lowest BCUT2D eigenvalue weighted by Crippen LogP contribution is -2.66. The maximum absolute atomic E-state index is 14.0. The molecule has 3 fully saturated rings. The topological polar surface area (TPSA) is 126 Å². The quantitative estimate of drug-likeness (QED) is 0.321. The molecule has 2 aromatic carbocycles. The molecule has 2 N–H and O–H groups in total. The fourth-order valence-corrected chi connectivity index (χ4v) is 6.93. The van der Waals surface area contributed by atoms with E-state index in [2.05, 4.69) is 15.7 Å². The van der Waals surface area contributed by atoms with Crippen LogP contribution in [-0.2, 0) is 32.3 Å². The third-order valence-electron chi connectivity index (χ3n) is 9.97. The molecule has 49 heavy (non-hydrogen) atoms. The summed E-state index contributed by atoms with van der Waals surface area (Å²) in [7, 11) is 1.44. The van der Waals surface area contributed by atoms with Crippen LogP contribution in [0.5, 0.6) is 0 Å². The number of likely N-dealkylation sites (tertiary alicyclic amines) is 2. The number of halogens is 3. The molecule has 1 saturated carbocycles. The summed E-state index contributed by atoms with van der Waals surface area (Å²) in [4.78, 5) is 56.5. The van der Waals surface area contributed by atoms with E-state index in [-0.39, 0.29) is 45.6 Å². The highest BCUT2D eigenvalue weighted by molar-refractivity contribution is 5.96. The third kappa shape index (κ3) is 6.78. The van der Waals surface area contributed by atoms with Crippen molar-refractivity contribution in [1.82, 2.24) is 30.2 Å². The zero-order valence-electron chi connectivity index (χ0n) is 27.3. The van der Waals surface area contributed by atoms with Crippen LogP contribution in [0.15, 0.2) is 73.1 Å². The van der Waals surface area contributed by atoms with Crippen LogP contribution in [-0.4, -0.2) is 94.8 Å². The van der Waals surface area contributed by atoms with E-state index >= 15 is 0 Å². The molecule has 3 atom stereocenters. The molecule has 2 aliphatic heterocycles. The lowest BCUT2D eigenvalue weighted by molar-refractivity contribution is -0.205. The number of alkyl halides is 3. The molecule has 4 amide bonds. The van der Waals surface area contributed by atoms with E-state index in [0.717, 1.165) is 16.0 Å². The Morgan fingerprint density at radius 2 is 1.57 bits per heavy atom. The van der Waals surface area contributed by atoms with Crippen LogP contribution in [0.2, 0.25) is 0 Å². The fraction of sp³-hybridized carbons (Fsp3) is 0.457. The summed E-state index contributed by atoms with van der Waals surface area (Å²) in [6, 6.07) is 17.8. The van der Waals surface area contributed by atoms with E-state index in [1.165, 1.54) is 18.1 Å². The number of amides is 4. The number of benzene rings is 2. The summed E-state index contributed by atoms with van der Waals surface area (Å²) in [6.07, 6.45) is -2.91. The zero-order chi connectivity index (χ0) is 35.0. The minimum Gasteiger partial charge on any atom is -0.371 e. The molecule has 6 rings (SSSR count). The van der Waals surface area contributed by atoms with Gasteiger partial charge in [0.1, 0.15) is 11.5 Å². The second-order valence-electron chi connectivity index (χ2n) is 13.4. The summed E-state index contributed by atoms with van der Waals surface area (Å²) in [5, 5.41) is 9.67. The molecular formula is C35H39F3N6O5. The number of hydrogen-bond acceptors (Lipinski definition) is 6. The SMILES string of the molecule is CNC(=O)[C@@H](NC(=O)[C@H]1CN(C(=O)c2cnn(Cc3ccccc3)c2)CC12CN(C(=O)C1(C(F)(F)F)CC1)C2)[C@@H](C)OCc1ccccc1. The molecule has 1 spiro atoms. The summed E-state index contributed by atoms with van der Waals surface area (Å²) < 4.78 is 49.0. The minimum absolute atomic E-state index is 0.0429. The molecule has 0 unspecified atom stereocenters. The summed E-state index contributed by atoms with van der Waals surface area (Å²) in [5.74, 6) is -3.35. The summed E-state index contributed by atoms with van der Waals surface area (Å²) in [5.41, 5.74) is -1.23. The lowest BCUT2D eigenvalue weighted by Gasteiger charge is -2.51. The summed E-state index contributed by atoms with van der Waals surface area (Å²) in [6.45, 7) is 2.03. The van der Waals surface area contributed by atoms with Gasteiger partial charge in [-0.2, -0.15) is 18.3 Å². The molecule has 3 aliphatic rings. The molecule has 1 aromatic heterocycles. The molecule has 3 aromatic rings. The average molecular weight is 681 g/mol. The predicted molar refractivity (Wildman–Crippen MR) is 171 cm³/mol. The van der Waals surface area contributed by atoms with Crippen LogP contribution in [0.25, 0.3) is 0 Å². The van der Waals surface area contributed by atoms with Crippen molar-refractivity contribution in [3.05, 3.63) is 89.7 Å². The Balaban J connectivity index is 1.20. The van der Waals surface area contributed by atoms with Gasteiger partial charge >= 0.3 is 6.18 Å². The van der Waals surface area contributed by atoms with Gasteiger partial charge in [-0.05, 0) is 30.9 Å². The van der Waals surface area contributed by atoms with Gasteiger partial charge in [0.15, 0.2) is 0 Å². The van der Waals surface area contributed by atoms with Gasteiger partial charge in [-0.15, -0.1) is 0 Å². The second kappa shape index (κ2) is 13.3. The Morgan fingerprint density at radius 1 is 0.959 bits per heavy atom. The fourth-order valence-electron chi connectivity index (χ4n) is 6.93. The number of carbonyl (C=O) groups excluding carboxylic acids is 4. The van der Waals surface area contributed by atoms with E-state index in [1.807, 2.05) is 60.7 Å². The van der Waals surface area contributed by atoms with Crippen molar-refractivity contribution in [2.75, 3.05) is 33.2 Å². The highest BCUT2D eigenvalue weighted by atomic mass is 19.4. The van der Waals surface area contributed by atoms with Crippen molar-refractivity contribution < 1.29 is 37.1 Å². The molecule has 2 saturated heterocycles. The molecule has 14 heteroatoms. The van der Waals surface area contributed by atoms with E-state index < -0.39 is 58.7 Å². The number of likely N-dealkylation sites (N-methyl/N-ethyl adjacent to an activating group) is 1. The van der Waals surface area contributed by atoms with Crippen LogP contribution in [0.4, 0.5) is 13.2 Å². The van der Waals surface area contributed by atoms with E-state index in [9.17, 15) is 32.3 Å². The van der Waals surface area contributed by atoms with Crippen molar-refractivity contribution in [3.8, 4) is 0 Å². The van der Waals surface area contributed by atoms with Gasteiger partial charge in [0.2, 0.25) is 17.7 Å². The van der Waals surface area contributed by atoms with E-state index in [1.54, 1.807) is 17.8 Å². The van der Waals surface area contributed by atoms with Gasteiger partial charge in [-0.1, -0.05) is 60.7 Å². The largest absolute Gasteiger partial charge is 0.403 e.